The van der Waals surface area contributed by atoms with Gasteiger partial charge in [-0.25, -0.2) is 4.67 Å². The fourth-order valence-electron chi connectivity index (χ4n) is 3.34. The van der Waals surface area contributed by atoms with Crippen molar-refractivity contribution < 1.29 is 28.0 Å². The molecule has 0 unspecified atom stereocenters. The van der Waals surface area contributed by atoms with Crippen molar-refractivity contribution in [1.82, 2.24) is 4.67 Å². The zero-order valence-corrected chi connectivity index (χ0v) is 21.3. The minimum atomic E-state index is -1.35. The van der Waals surface area contributed by atoms with Crippen LogP contribution in [-0.4, -0.2) is 45.2 Å². The molecule has 0 N–H and O–H groups in total. The number of nitrogens with zero attached hydrogens (tertiary/aromatic N) is 1. The molecule has 2 aromatic rings. The van der Waals surface area contributed by atoms with Gasteiger partial charge in [-0.1, -0.05) is 0 Å². The Kier molecular flexibility index (Phi) is 10.5. The molecule has 178 valence electrons. The monoisotopic (exact) mass is 465 g/mol. The Morgan fingerprint density at radius 2 is 1.06 bits per heavy atom. The molecule has 0 heterocycles. The van der Waals surface area contributed by atoms with Crippen LogP contribution in [0.15, 0.2) is 36.4 Å². The summed E-state index contributed by atoms with van der Waals surface area (Å²) in [6.45, 7) is 9.28. The highest BCUT2D eigenvalue weighted by Crippen LogP contribution is 2.48. The fraction of sp³-hybridized carbons (Fsp3) is 0.500. The van der Waals surface area contributed by atoms with Crippen molar-refractivity contribution in [2.75, 3.05) is 28.4 Å². The average molecular weight is 466 g/mol. The lowest BCUT2D eigenvalue weighted by molar-refractivity contribution is 0.162. The van der Waals surface area contributed by atoms with Gasteiger partial charge in [0.15, 0.2) is 0 Å². The molecule has 32 heavy (non-hydrogen) atoms. The molecule has 0 atom stereocenters. The van der Waals surface area contributed by atoms with E-state index in [-0.39, 0.29) is 12.1 Å². The summed E-state index contributed by atoms with van der Waals surface area (Å²) in [5, 5.41) is 0. The number of hydrogen-bond acceptors (Lipinski definition) is 7. The third-order valence-corrected chi connectivity index (χ3v) is 6.90. The highest BCUT2D eigenvalue weighted by Gasteiger charge is 2.28. The van der Waals surface area contributed by atoms with Crippen LogP contribution in [0.5, 0.6) is 23.0 Å². The molecular weight excluding hydrogens is 429 g/mol. The molecule has 0 aliphatic heterocycles. The van der Waals surface area contributed by atoms with Crippen molar-refractivity contribution in [3.05, 3.63) is 47.5 Å². The molecule has 2 aromatic carbocycles. The van der Waals surface area contributed by atoms with E-state index < -0.39 is 8.53 Å². The molecule has 0 aliphatic carbocycles. The van der Waals surface area contributed by atoms with Crippen LogP contribution in [-0.2, 0) is 22.3 Å². The Morgan fingerprint density at radius 1 is 0.656 bits per heavy atom. The third-order valence-electron chi connectivity index (χ3n) is 4.90. The van der Waals surface area contributed by atoms with Crippen molar-refractivity contribution in [2.24, 2.45) is 0 Å². The van der Waals surface area contributed by atoms with Gasteiger partial charge in [-0.2, -0.15) is 0 Å². The van der Waals surface area contributed by atoms with Gasteiger partial charge in [0, 0.05) is 35.3 Å². The zero-order valence-electron chi connectivity index (χ0n) is 20.4. The van der Waals surface area contributed by atoms with Crippen LogP contribution in [0.25, 0.3) is 0 Å². The molecule has 2 rings (SSSR count). The topological polar surface area (TPSA) is 58.6 Å². The van der Waals surface area contributed by atoms with Crippen LogP contribution in [0, 0.1) is 0 Å². The first-order chi connectivity index (χ1) is 15.3. The SMILES string of the molecule is COc1ccc(COP(OCc2ccc(OC)cc2OC)N(C(C)C)C(C)C)c(OC)c1. The van der Waals surface area contributed by atoms with Crippen molar-refractivity contribution in [3.8, 4) is 23.0 Å². The highest BCUT2D eigenvalue weighted by molar-refractivity contribution is 7.44. The van der Waals surface area contributed by atoms with Gasteiger partial charge in [0.2, 0.25) is 0 Å². The van der Waals surface area contributed by atoms with E-state index >= 15 is 0 Å². The van der Waals surface area contributed by atoms with Crippen molar-refractivity contribution in [1.29, 1.82) is 0 Å². The number of benzene rings is 2. The summed E-state index contributed by atoms with van der Waals surface area (Å²) >= 11 is 0. The zero-order chi connectivity index (χ0) is 23.7. The van der Waals surface area contributed by atoms with E-state index in [0.29, 0.717) is 13.2 Å². The minimum Gasteiger partial charge on any atom is -0.497 e. The van der Waals surface area contributed by atoms with Gasteiger partial charge in [0.05, 0.1) is 41.7 Å². The summed E-state index contributed by atoms with van der Waals surface area (Å²) in [5.74, 6) is 2.91. The molecule has 0 spiro atoms. The Labute approximate surface area is 193 Å². The van der Waals surface area contributed by atoms with Crippen LogP contribution >= 0.6 is 8.53 Å². The van der Waals surface area contributed by atoms with Crippen LogP contribution < -0.4 is 18.9 Å². The number of methoxy groups -OCH3 is 4. The molecule has 0 amide bonds. The normalized spacial score (nSPS) is 11.5. The lowest BCUT2D eigenvalue weighted by atomic mass is 10.2. The standard InChI is InChI=1S/C24H36NO6P/c1-17(2)25(18(3)4)32(30-15-19-9-11-21(26-5)13-23(19)28-7)31-16-20-10-12-22(27-6)14-24(20)29-8/h9-14,17-18H,15-16H2,1-8H3. The van der Waals surface area contributed by atoms with Gasteiger partial charge < -0.3 is 28.0 Å². The molecule has 7 nitrogen and oxygen atoms in total. The Morgan fingerprint density at radius 3 is 1.38 bits per heavy atom. The van der Waals surface area contributed by atoms with Gasteiger partial charge in [-0.15, -0.1) is 0 Å². The maximum atomic E-state index is 6.35. The van der Waals surface area contributed by atoms with Gasteiger partial charge in [-0.05, 0) is 52.0 Å². The summed E-state index contributed by atoms with van der Waals surface area (Å²) in [6, 6.07) is 11.9. The van der Waals surface area contributed by atoms with E-state index in [4.69, 9.17) is 28.0 Å². The molecule has 0 bridgehead atoms. The van der Waals surface area contributed by atoms with Crippen molar-refractivity contribution in [2.45, 2.75) is 53.0 Å². The Bertz CT molecular complexity index is 778. The number of rotatable bonds is 13. The second-order valence-electron chi connectivity index (χ2n) is 7.71. The summed E-state index contributed by atoms with van der Waals surface area (Å²) in [7, 11) is 5.20. The molecule has 0 aliphatic rings. The quantitative estimate of drug-likeness (QED) is 0.347. The van der Waals surface area contributed by atoms with Crippen LogP contribution in [0.2, 0.25) is 0 Å². The van der Waals surface area contributed by atoms with E-state index in [1.807, 2.05) is 36.4 Å². The molecule has 0 fully saturated rings. The van der Waals surface area contributed by atoms with E-state index in [9.17, 15) is 0 Å². The molecule has 0 saturated heterocycles. The Balaban J connectivity index is 2.22. The second kappa shape index (κ2) is 12.9. The van der Waals surface area contributed by atoms with Gasteiger partial charge >= 0.3 is 0 Å². The molecule has 0 saturated carbocycles. The van der Waals surface area contributed by atoms with Gasteiger partial charge in [-0.3, -0.25) is 0 Å². The average Bonchev–Trinajstić information content (AvgIpc) is 2.79. The van der Waals surface area contributed by atoms with Crippen LogP contribution in [0.4, 0.5) is 0 Å². The minimum absolute atomic E-state index is 0.247. The molecule has 0 radical (unpaired) electrons. The van der Waals surface area contributed by atoms with Crippen LogP contribution in [0.3, 0.4) is 0 Å². The smallest absolute Gasteiger partial charge is 0.259 e. The summed E-state index contributed by atoms with van der Waals surface area (Å²) < 4.78 is 36.6. The first kappa shape index (κ1) is 26.2. The number of hydrogen-bond donors (Lipinski definition) is 0. The van der Waals surface area contributed by atoms with Gasteiger partial charge in [0.25, 0.3) is 8.53 Å². The molecular formula is C24H36NO6P. The van der Waals surface area contributed by atoms with Gasteiger partial charge in [0.1, 0.15) is 23.0 Å². The van der Waals surface area contributed by atoms with Crippen LogP contribution in [0.1, 0.15) is 38.8 Å². The predicted octanol–water partition coefficient (Wildman–Crippen LogP) is 5.80. The van der Waals surface area contributed by atoms with E-state index in [1.165, 1.54) is 0 Å². The lowest BCUT2D eigenvalue weighted by Crippen LogP contribution is -2.33. The molecule has 0 aromatic heterocycles. The van der Waals surface area contributed by atoms with E-state index in [2.05, 4.69) is 32.4 Å². The first-order valence-corrected chi connectivity index (χ1v) is 11.7. The fourth-order valence-corrected chi connectivity index (χ4v) is 4.93. The summed E-state index contributed by atoms with van der Waals surface area (Å²) in [4.78, 5) is 0. The second-order valence-corrected chi connectivity index (χ2v) is 9.16. The number of ether oxygens (including phenoxy) is 4. The van der Waals surface area contributed by atoms with E-state index in [1.54, 1.807) is 28.4 Å². The highest BCUT2D eigenvalue weighted by atomic mass is 31.2. The third kappa shape index (κ3) is 6.97. The van der Waals surface area contributed by atoms with E-state index in [0.717, 1.165) is 34.1 Å². The maximum absolute atomic E-state index is 6.35. The maximum Gasteiger partial charge on any atom is 0.259 e. The molecule has 8 heteroatoms. The largest absolute Gasteiger partial charge is 0.497 e. The van der Waals surface area contributed by atoms with Crippen molar-refractivity contribution in [3.63, 3.8) is 0 Å². The Hall–Kier alpha value is -2.05. The lowest BCUT2D eigenvalue weighted by Gasteiger charge is -2.35. The summed E-state index contributed by atoms with van der Waals surface area (Å²) in [6.07, 6.45) is 0. The summed E-state index contributed by atoms with van der Waals surface area (Å²) in [5.41, 5.74) is 1.86. The predicted molar refractivity (Wildman–Crippen MR) is 128 cm³/mol. The van der Waals surface area contributed by atoms with Crippen molar-refractivity contribution >= 4 is 8.53 Å². The first-order valence-electron chi connectivity index (χ1n) is 10.6.